The highest BCUT2D eigenvalue weighted by molar-refractivity contribution is 5.84. The first-order valence-electron chi connectivity index (χ1n) is 8.69. The number of imidazole rings is 1. The molecule has 1 unspecified atom stereocenters. The fourth-order valence-corrected chi connectivity index (χ4v) is 2.96. The van der Waals surface area contributed by atoms with Crippen molar-refractivity contribution in [3.05, 3.63) is 0 Å². The molecule has 0 saturated carbocycles. The van der Waals surface area contributed by atoms with Gasteiger partial charge in [0.1, 0.15) is 6.23 Å². The fourth-order valence-electron chi connectivity index (χ4n) is 2.96. The van der Waals surface area contributed by atoms with Gasteiger partial charge in [0.2, 0.25) is 5.95 Å². The van der Waals surface area contributed by atoms with Crippen molar-refractivity contribution in [2.24, 2.45) is 0 Å². The van der Waals surface area contributed by atoms with Crippen LogP contribution < -0.4 is 15.8 Å². The molecule has 1 saturated heterocycles. The minimum atomic E-state index is -0.124. The molecule has 0 spiro atoms. The van der Waals surface area contributed by atoms with Crippen LogP contribution in [0.2, 0.25) is 0 Å². The van der Waals surface area contributed by atoms with E-state index in [9.17, 15) is 0 Å². The van der Waals surface area contributed by atoms with Gasteiger partial charge in [-0.05, 0) is 25.7 Å². The molecule has 0 amide bonds. The molecule has 24 heavy (non-hydrogen) atoms. The molecule has 3 rings (SSSR count). The summed E-state index contributed by atoms with van der Waals surface area (Å²) in [4.78, 5) is 13.4. The number of unbranched alkanes of at least 4 members (excludes halogenated alkanes) is 2. The Kier molecular flexibility index (Phi) is 5.34. The highest BCUT2D eigenvalue weighted by atomic mass is 16.5. The van der Waals surface area contributed by atoms with Gasteiger partial charge in [-0.15, -0.1) is 0 Å². The summed E-state index contributed by atoms with van der Waals surface area (Å²) >= 11 is 0. The summed E-state index contributed by atoms with van der Waals surface area (Å²) in [6.45, 7) is 3.73. The van der Waals surface area contributed by atoms with Crippen LogP contribution in [0.4, 0.5) is 11.8 Å². The summed E-state index contributed by atoms with van der Waals surface area (Å²) in [5, 5.41) is 3.24. The summed E-state index contributed by atoms with van der Waals surface area (Å²) in [6, 6.07) is 0.459. The zero-order valence-electron chi connectivity index (χ0n) is 14.4. The zero-order chi connectivity index (χ0) is 16.9. The maximum Gasteiger partial charge on any atom is 0.300 e. The van der Waals surface area contributed by atoms with Crippen molar-refractivity contribution in [1.29, 1.82) is 0 Å². The van der Waals surface area contributed by atoms with Crippen LogP contribution in [0, 0.1) is 0 Å². The average Bonchev–Trinajstić information content (AvgIpc) is 2.98. The lowest BCUT2D eigenvalue weighted by molar-refractivity contribution is -0.0334. The minimum absolute atomic E-state index is 0.124. The second-order valence-electron chi connectivity index (χ2n) is 6.03. The van der Waals surface area contributed by atoms with Gasteiger partial charge in [0.15, 0.2) is 17.0 Å². The van der Waals surface area contributed by atoms with Crippen molar-refractivity contribution in [2.45, 2.75) is 51.7 Å². The van der Waals surface area contributed by atoms with E-state index in [0.717, 1.165) is 38.8 Å². The Morgan fingerprint density at radius 2 is 2.17 bits per heavy atom. The molecule has 8 nitrogen and oxygen atoms in total. The number of rotatable bonds is 7. The summed E-state index contributed by atoms with van der Waals surface area (Å²) in [5.41, 5.74) is 7.30. The first-order valence-corrected chi connectivity index (χ1v) is 8.69. The Balaban J connectivity index is 1.93. The third-order valence-corrected chi connectivity index (χ3v) is 4.22. The van der Waals surface area contributed by atoms with Crippen molar-refractivity contribution in [3.63, 3.8) is 0 Å². The molecule has 1 atom stereocenters. The van der Waals surface area contributed by atoms with Crippen molar-refractivity contribution in [3.8, 4) is 6.01 Å². The van der Waals surface area contributed by atoms with E-state index in [1.807, 2.05) is 4.57 Å². The summed E-state index contributed by atoms with van der Waals surface area (Å²) in [7, 11) is 1.59. The number of nitrogens with two attached hydrogens (primary N) is 1. The Labute approximate surface area is 141 Å². The first-order chi connectivity index (χ1) is 11.7. The molecule has 0 bridgehead atoms. The number of anilines is 2. The van der Waals surface area contributed by atoms with Crippen molar-refractivity contribution in [1.82, 2.24) is 19.5 Å². The Morgan fingerprint density at radius 3 is 2.88 bits per heavy atom. The standard InChI is InChI=1S/C16H26N6O2/c1-3-4-6-9-18-15-20-13(17)12-14(21-15)22(16(19-12)23-2)11-8-5-7-10-24-11/h11H,3-10H2,1-2H3,(H3,17,18,20,21). The number of nitrogens with one attached hydrogen (secondary N) is 1. The Hall–Kier alpha value is -2.09. The predicted molar refractivity (Wildman–Crippen MR) is 93.1 cm³/mol. The van der Waals surface area contributed by atoms with Crippen molar-refractivity contribution in [2.75, 3.05) is 31.3 Å². The number of nitrogens with zero attached hydrogens (tertiary/aromatic N) is 4. The highest BCUT2D eigenvalue weighted by Crippen LogP contribution is 2.32. The van der Waals surface area contributed by atoms with Crippen LogP contribution in [0.15, 0.2) is 0 Å². The number of nitrogen functional groups attached to an aromatic ring is 1. The van der Waals surface area contributed by atoms with Gasteiger partial charge < -0.3 is 20.5 Å². The topological polar surface area (TPSA) is 100 Å². The van der Waals surface area contributed by atoms with E-state index in [1.165, 1.54) is 12.8 Å². The van der Waals surface area contributed by atoms with Gasteiger partial charge in [-0.1, -0.05) is 19.8 Å². The number of hydrogen-bond donors (Lipinski definition) is 2. The summed E-state index contributed by atoms with van der Waals surface area (Å²) < 4.78 is 13.2. The molecule has 1 aliphatic rings. The lowest BCUT2D eigenvalue weighted by atomic mass is 10.2. The fraction of sp³-hybridized carbons (Fsp3) is 0.688. The molecule has 8 heteroatoms. The molecule has 2 aromatic rings. The highest BCUT2D eigenvalue weighted by Gasteiger charge is 2.25. The van der Waals surface area contributed by atoms with E-state index in [2.05, 4.69) is 27.2 Å². The van der Waals surface area contributed by atoms with Crippen LogP contribution in [0.25, 0.3) is 11.2 Å². The molecule has 3 heterocycles. The average molecular weight is 334 g/mol. The second-order valence-corrected chi connectivity index (χ2v) is 6.03. The zero-order valence-corrected chi connectivity index (χ0v) is 14.4. The van der Waals surface area contributed by atoms with E-state index in [4.69, 9.17) is 15.2 Å². The van der Waals surface area contributed by atoms with Gasteiger partial charge in [0.05, 0.1) is 7.11 Å². The summed E-state index contributed by atoms with van der Waals surface area (Å²) in [5.74, 6) is 0.876. The Bertz CT molecular complexity index is 681. The van der Waals surface area contributed by atoms with Crippen molar-refractivity contribution >= 4 is 22.9 Å². The van der Waals surface area contributed by atoms with Crippen LogP contribution in [0.1, 0.15) is 51.7 Å². The number of ether oxygens (including phenoxy) is 2. The Morgan fingerprint density at radius 1 is 1.29 bits per heavy atom. The molecule has 3 N–H and O–H groups in total. The van der Waals surface area contributed by atoms with E-state index in [-0.39, 0.29) is 6.23 Å². The maximum absolute atomic E-state index is 6.09. The number of hydrogen-bond acceptors (Lipinski definition) is 7. The third-order valence-electron chi connectivity index (χ3n) is 4.22. The summed E-state index contributed by atoms with van der Waals surface area (Å²) in [6.07, 6.45) is 6.39. The van der Waals surface area contributed by atoms with Gasteiger partial charge in [-0.2, -0.15) is 15.0 Å². The SMILES string of the molecule is CCCCCNc1nc(N)c2nc(OC)n(C3CCCCO3)c2n1. The lowest BCUT2D eigenvalue weighted by Crippen LogP contribution is -2.19. The number of aromatic nitrogens is 4. The van der Waals surface area contributed by atoms with E-state index >= 15 is 0 Å². The van der Waals surface area contributed by atoms with Crippen LogP contribution in [-0.4, -0.2) is 39.8 Å². The van der Waals surface area contributed by atoms with Crippen LogP contribution in [0.5, 0.6) is 6.01 Å². The smallest absolute Gasteiger partial charge is 0.300 e. The molecule has 132 valence electrons. The van der Waals surface area contributed by atoms with E-state index in [0.29, 0.717) is 28.9 Å². The lowest BCUT2D eigenvalue weighted by Gasteiger charge is -2.24. The second kappa shape index (κ2) is 7.65. The van der Waals surface area contributed by atoms with Gasteiger partial charge in [0.25, 0.3) is 0 Å². The molecular formula is C16H26N6O2. The van der Waals surface area contributed by atoms with Crippen LogP contribution in [0.3, 0.4) is 0 Å². The largest absolute Gasteiger partial charge is 0.468 e. The van der Waals surface area contributed by atoms with Crippen LogP contribution in [-0.2, 0) is 4.74 Å². The minimum Gasteiger partial charge on any atom is -0.468 e. The third kappa shape index (κ3) is 3.38. The first kappa shape index (κ1) is 16.8. The molecule has 1 aliphatic heterocycles. The van der Waals surface area contributed by atoms with Gasteiger partial charge >= 0.3 is 6.01 Å². The maximum atomic E-state index is 6.09. The number of methoxy groups -OCH3 is 1. The number of fused-ring (bicyclic) bond motifs is 1. The predicted octanol–water partition coefficient (Wildman–Crippen LogP) is 2.72. The molecule has 0 aliphatic carbocycles. The van der Waals surface area contributed by atoms with E-state index < -0.39 is 0 Å². The van der Waals surface area contributed by atoms with Gasteiger partial charge in [-0.3, -0.25) is 4.57 Å². The molecule has 0 aromatic carbocycles. The van der Waals surface area contributed by atoms with Gasteiger partial charge in [0, 0.05) is 13.2 Å². The van der Waals surface area contributed by atoms with Gasteiger partial charge in [-0.25, -0.2) is 0 Å². The van der Waals surface area contributed by atoms with Crippen LogP contribution >= 0.6 is 0 Å². The molecular weight excluding hydrogens is 308 g/mol. The quantitative estimate of drug-likeness (QED) is 0.751. The molecule has 1 fully saturated rings. The monoisotopic (exact) mass is 334 g/mol. The van der Waals surface area contributed by atoms with Crippen molar-refractivity contribution < 1.29 is 9.47 Å². The molecule has 2 aromatic heterocycles. The van der Waals surface area contributed by atoms with E-state index in [1.54, 1.807) is 7.11 Å². The molecule has 0 radical (unpaired) electrons. The normalized spacial score (nSPS) is 18.0.